The summed E-state index contributed by atoms with van der Waals surface area (Å²) in [5.41, 5.74) is 2.41. The Morgan fingerprint density at radius 1 is 1.11 bits per heavy atom. The van der Waals surface area contributed by atoms with Crippen molar-refractivity contribution in [2.24, 2.45) is 0 Å². The smallest absolute Gasteiger partial charge is 0.270 e. The van der Waals surface area contributed by atoms with E-state index in [4.69, 9.17) is 21.7 Å². The summed E-state index contributed by atoms with van der Waals surface area (Å²) < 4.78 is 11.2. The minimum absolute atomic E-state index is 0.156. The second-order valence-corrected chi connectivity index (χ2v) is 7.65. The summed E-state index contributed by atoms with van der Waals surface area (Å²) in [6, 6.07) is 15.2. The lowest BCUT2D eigenvalue weighted by Gasteiger charge is -2.14. The van der Waals surface area contributed by atoms with Crippen molar-refractivity contribution >= 4 is 56.9 Å². The number of nitrogens with zero attached hydrogens (tertiary/aromatic N) is 2. The molecule has 3 heterocycles. The van der Waals surface area contributed by atoms with Gasteiger partial charge in [-0.1, -0.05) is 48.2 Å². The van der Waals surface area contributed by atoms with Crippen LogP contribution in [0.2, 0.25) is 0 Å². The zero-order chi connectivity index (χ0) is 18.4. The van der Waals surface area contributed by atoms with Crippen molar-refractivity contribution in [2.45, 2.75) is 0 Å². The molecule has 27 heavy (non-hydrogen) atoms. The average molecular weight is 392 g/mol. The highest BCUT2D eigenvalue weighted by Gasteiger charge is 2.34. The van der Waals surface area contributed by atoms with Crippen LogP contribution in [0.3, 0.4) is 0 Å². The number of thiocarbonyl (C=S) groups is 1. The van der Waals surface area contributed by atoms with Crippen molar-refractivity contribution in [1.29, 1.82) is 0 Å². The number of amides is 1. The first-order valence-corrected chi connectivity index (χ1v) is 9.44. The van der Waals surface area contributed by atoms with Crippen LogP contribution >= 0.6 is 24.0 Å². The van der Waals surface area contributed by atoms with Gasteiger partial charge < -0.3 is 9.47 Å². The van der Waals surface area contributed by atoms with Gasteiger partial charge in [0.2, 0.25) is 6.79 Å². The van der Waals surface area contributed by atoms with Gasteiger partial charge in [-0.15, -0.1) is 0 Å². The van der Waals surface area contributed by atoms with E-state index in [-0.39, 0.29) is 12.7 Å². The van der Waals surface area contributed by atoms with E-state index in [0.29, 0.717) is 26.4 Å². The molecule has 2 aliphatic rings. The number of fused-ring (bicyclic) bond motifs is 2. The quantitative estimate of drug-likeness (QED) is 0.477. The second-order valence-electron chi connectivity index (χ2n) is 5.98. The fourth-order valence-electron chi connectivity index (χ4n) is 3.10. The number of benzene rings is 2. The van der Waals surface area contributed by atoms with Gasteiger partial charge in [0.1, 0.15) is 0 Å². The van der Waals surface area contributed by atoms with Gasteiger partial charge in [0.25, 0.3) is 5.91 Å². The summed E-state index contributed by atoms with van der Waals surface area (Å²) in [5, 5.41) is 1.03. The third-order valence-electron chi connectivity index (χ3n) is 4.36. The molecule has 0 spiro atoms. The van der Waals surface area contributed by atoms with E-state index in [1.165, 1.54) is 16.7 Å². The van der Waals surface area contributed by atoms with E-state index in [1.54, 1.807) is 24.4 Å². The molecule has 0 saturated carbocycles. The Labute approximate surface area is 164 Å². The molecular formula is C20H12N2O3S2. The molecule has 0 N–H and O–H groups in total. The minimum Gasteiger partial charge on any atom is -0.454 e. The number of hydrogen-bond donors (Lipinski definition) is 0. The summed E-state index contributed by atoms with van der Waals surface area (Å²) in [4.78, 5) is 19.5. The van der Waals surface area contributed by atoms with Crippen LogP contribution in [-0.2, 0) is 4.79 Å². The van der Waals surface area contributed by atoms with Crippen LogP contribution in [0, 0.1) is 0 Å². The van der Waals surface area contributed by atoms with E-state index in [0.717, 1.165) is 16.5 Å². The molecule has 1 fully saturated rings. The lowest BCUT2D eigenvalue weighted by atomic mass is 10.1. The molecule has 0 aliphatic carbocycles. The molecule has 2 aliphatic heterocycles. The number of rotatable bonds is 2. The summed E-state index contributed by atoms with van der Waals surface area (Å²) in [6.45, 7) is 0.186. The van der Waals surface area contributed by atoms with Gasteiger partial charge in [-0.2, -0.15) is 0 Å². The molecule has 1 saturated heterocycles. The number of aromatic nitrogens is 1. The first-order valence-electron chi connectivity index (χ1n) is 8.22. The predicted octanol–water partition coefficient (Wildman–Crippen LogP) is 4.37. The molecule has 1 aromatic heterocycles. The Bertz CT molecular complexity index is 1140. The summed E-state index contributed by atoms with van der Waals surface area (Å²) in [6.07, 6.45) is 3.60. The molecule has 1 amide bonds. The summed E-state index contributed by atoms with van der Waals surface area (Å²) in [5.74, 6) is 1.13. The zero-order valence-corrected chi connectivity index (χ0v) is 15.5. The van der Waals surface area contributed by atoms with Crippen LogP contribution in [0.25, 0.3) is 17.0 Å². The molecule has 5 rings (SSSR count). The maximum absolute atomic E-state index is 13.0. The molecule has 0 unspecified atom stereocenters. The van der Waals surface area contributed by atoms with E-state index < -0.39 is 0 Å². The highest BCUT2D eigenvalue weighted by Crippen LogP contribution is 2.41. The van der Waals surface area contributed by atoms with E-state index >= 15 is 0 Å². The Hall–Kier alpha value is -2.90. The van der Waals surface area contributed by atoms with Crippen molar-refractivity contribution in [3.05, 3.63) is 65.2 Å². The first kappa shape index (κ1) is 16.3. The van der Waals surface area contributed by atoms with Gasteiger partial charge in [-0.05, 0) is 24.3 Å². The van der Waals surface area contributed by atoms with Gasteiger partial charge in [0, 0.05) is 23.2 Å². The number of hydrogen-bond acceptors (Lipinski definition) is 6. The van der Waals surface area contributed by atoms with E-state index in [9.17, 15) is 4.79 Å². The summed E-state index contributed by atoms with van der Waals surface area (Å²) in [7, 11) is 0. The molecule has 5 nitrogen and oxygen atoms in total. The van der Waals surface area contributed by atoms with Crippen LogP contribution in [0.5, 0.6) is 11.5 Å². The highest BCUT2D eigenvalue weighted by molar-refractivity contribution is 8.27. The van der Waals surface area contributed by atoms with Crippen molar-refractivity contribution in [3.8, 4) is 11.5 Å². The fraction of sp³-hybridized carbons (Fsp3) is 0.0500. The first-order chi connectivity index (χ1) is 13.2. The maximum atomic E-state index is 13.0. The minimum atomic E-state index is -0.156. The number of pyridine rings is 1. The highest BCUT2D eigenvalue weighted by atomic mass is 32.2. The van der Waals surface area contributed by atoms with Crippen molar-refractivity contribution in [3.63, 3.8) is 0 Å². The monoisotopic (exact) mass is 392 g/mol. The standard InChI is InChI=1S/C20H12N2O3S2/c23-19-17(9-13-4-1-3-12-5-2-8-21-18(12)13)27-20(26)22(19)14-6-7-15-16(10-14)25-11-24-15/h1-10H,11H2. The lowest BCUT2D eigenvalue weighted by molar-refractivity contribution is -0.113. The Morgan fingerprint density at radius 2 is 1.96 bits per heavy atom. The number of thioether (sulfide) groups is 1. The molecule has 132 valence electrons. The van der Waals surface area contributed by atoms with Crippen LogP contribution in [0.1, 0.15) is 5.56 Å². The number of carbonyl (C=O) groups excluding carboxylic acids is 1. The molecule has 0 bridgehead atoms. The molecule has 2 aromatic carbocycles. The number of ether oxygens (including phenoxy) is 2. The van der Waals surface area contributed by atoms with Crippen molar-refractivity contribution in [2.75, 3.05) is 11.7 Å². The Morgan fingerprint density at radius 3 is 2.89 bits per heavy atom. The van der Waals surface area contributed by atoms with Crippen LogP contribution in [0.4, 0.5) is 5.69 Å². The predicted molar refractivity (Wildman–Crippen MR) is 110 cm³/mol. The molecule has 0 atom stereocenters. The average Bonchev–Trinajstić information content (AvgIpc) is 3.26. The number of para-hydroxylation sites is 1. The Kier molecular flexibility index (Phi) is 3.84. The summed E-state index contributed by atoms with van der Waals surface area (Å²) >= 11 is 6.74. The van der Waals surface area contributed by atoms with Crippen LogP contribution < -0.4 is 14.4 Å². The van der Waals surface area contributed by atoms with Crippen molar-refractivity contribution in [1.82, 2.24) is 4.98 Å². The van der Waals surface area contributed by atoms with Gasteiger partial charge in [-0.25, -0.2) is 0 Å². The van der Waals surface area contributed by atoms with E-state index in [1.807, 2.05) is 36.4 Å². The van der Waals surface area contributed by atoms with Gasteiger partial charge in [-0.3, -0.25) is 14.7 Å². The number of carbonyl (C=O) groups is 1. The molecule has 3 aromatic rings. The van der Waals surface area contributed by atoms with Gasteiger partial charge >= 0.3 is 0 Å². The second kappa shape index (κ2) is 6.37. The third-order valence-corrected chi connectivity index (χ3v) is 5.66. The van der Waals surface area contributed by atoms with Crippen LogP contribution in [0.15, 0.2) is 59.6 Å². The third kappa shape index (κ3) is 2.75. The normalized spacial score (nSPS) is 17.3. The SMILES string of the molecule is O=C1C(=Cc2cccc3cccnc23)SC(=S)N1c1ccc2c(c1)OCO2. The molecule has 0 radical (unpaired) electrons. The van der Waals surface area contributed by atoms with Gasteiger partial charge in [0.05, 0.1) is 16.1 Å². The maximum Gasteiger partial charge on any atom is 0.270 e. The zero-order valence-electron chi connectivity index (χ0n) is 13.9. The van der Waals surface area contributed by atoms with Crippen molar-refractivity contribution < 1.29 is 14.3 Å². The largest absolute Gasteiger partial charge is 0.454 e. The lowest BCUT2D eigenvalue weighted by Crippen LogP contribution is -2.27. The fourth-order valence-corrected chi connectivity index (χ4v) is 4.39. The van der Waals surface area contributed by atoms with E-state index in [2.05, 4.69) is 4.98 Å². The molecular weight excluding hydrogens is 380 g/mol. The number of anilines is 1. The van der Waals surface area contributed by atoms with Gasteiger partial charge in [0.15, 0.2) is 15.8 Å². The topological polar surface area (TPSA) is 51.7 Å². The van der Waals surface area contributed by atoms with Crippen LogP contribution in [-0.4, -0.2) is 22.0 Å². The Balaban J connectivity index is 1.53. The molecule has 7 heteroatoms.